The number of halogens is 1. The van der Waals surface area contributed by atoms with E-state index >= 15 is 0 Å². The number of carbonyl (C=O) groups excluding carboxylic acids is 1. The molecule has 1 aliphatic carbocycles. The third-order valence-electron chi connectivity index (χ3n) is 6.03. The molecule has 4 heteroatoms. The summed E-state index contributed by atoms with van der Waals surface area (Å²) in [5.74, 6) is 0.130. The van der Waals surface area contributed by atoms with E-state index in [0.29, 0.717) is 16.5 Å². The Morgan fingerprint density at radius 1 is 1.11 bits per heavy atom. The van der Waals surface area contributed by atoms with Gasteiger partial charge in [0.15, 0.2) is 0 Å². The third-order valence-corrected chi connectivity index (χ3v) is 6.35. The van der Waals surface area contributed by atoms with Crippen LogP contribution in [0.15, 0.2) is 66.7 Å². The summed E-state index contributed by atoms with van der Waals surface area (Å²) in [5.41, 5.74) is 3.65. The number of carbonyl (C=O) groups is 1. The van der Waals surface area contributed by atoms with E-state index in [1.807, 2.05) is 0 Å². The maximum absolute atomic E-state index is 12.4. The summed E-state index contributed by atoms with van der Waals surface area (Å²) >= 11 is 6.58. The first-order valence-electron chi connectivity index (χ1n) is 9.50. The zero-order valence-corrected chi connectivity index (χ0v) is 16.2. The summed E-state index contributed by atoms with van der Waals surface area (Å²) in [5, 5.41) is 6.79. The van der Waals surface area contributed by atoms with Gasteiger partial charge >= 0.3 is 5.97 Å². The molecular formula is C24H20ClNO2. The Morgan fingerprint density at radius 2 is 1.93 bits per heavy atom. The molecule has 5 rings (SSSR count). The zero-order valence-electron chi connectivity index (χ0n) is 15.5. The number of allylic oxidation sites excluding steroid dienone is 2. The summed E-state index contributed by atoms with van der Waals surface area (Å²) in [4.78, 5) is 12.4. The Bertz CT molecular complexity index is 1120. The van der Waals surface area contributed by atoms with Crippen LogP contribution in [0.4, 0.5) is 5.69 Å². The Kier molecular flexibility index (Phi) is 4.13. The zero-order chi connectivity index (χ0) is 19.3. The predicted octanol–water partition coefficient (Wildman–Crippen LogP) is 6.11. The molecule has 3 aromatic rings. The molecule has 3 aromatic carbocycles. The van der Waals surface area contributed by atoms with Gasteiger partial charge in [-0.25, -0.2) is 4.79 Å². The van der Waals surface area contributed by atoms with Gasteiger partial charge in [0.1, 0.15) is 0 Å². The largest absolute Gasteiger partial charge is 0.465 e. The van der Waals surface area contributed by atoms with Crippen LogP contribution in [0.1, 0.15) is 39.9 Å². The predicted molar refractivity (Wildman–Crippen MR) is 113 cm³/mol. The van der Waals surface area contributed by atoms with Gasteiger partial charge in [-0.3, -0.25) is 0 Å². The molecule has 1 N–H and O–H groups in total. The number of anilines is 1. The van der Waals surface area contributed by atoms with Gasteiger partial charge in [-0.2, -0.15) is 0 Å². The van der Waals surface area contributed by atoms with Crippen molar-refractivity contribution in [1.29, 1.82) is 0 Å². The topological polar surface area (TPSA) is 38.3 Å². The lowest BCUT2D eigenvalue weighted by molar-refractivity contribution is 0.0598. The minimum atomic E-state index is -0.322. The standard InChI is InChI=1S/C24H20ClNO2/c1-28-24(27)19-12-13-20(25)23-21(19)16-9-5-11-18(16)22(26-23)17-10-4-7-14-6-2-3-8-15(14)17/h2-10,12-13,16,18,22,26H,11H2,1H3/t16-,18-,22-/m1/s1. The van der Waals surface area contributed by atoms with Crippen LogP contribution in [0.3, 0.4) is 0 Å². The molecule has 0 bridgehead atoms. The van der Waals surface area contributed by atoms with Gasteiger partial charge in [0.25, 0.3) is 0 Å². The molecule has 0 fully saturated rings. The van der Waals surface area contributed by atoms with Gasteiger partial charge in [0.05, 0.1) is 29.4 Å². The van der Waals surface area contributed by atoms with Crippen molar-refractivity contribution in [3.8, 4) is 0 Å². The highest BCUT2D eigenvalue weighted by atomic mass is 35.5. The Morgan fingerprint density at radius 3 is 2.79 bits per heavy atom. The van der Waals surface area contributed by atoms with Crippen LogP contribution in [-0.2, 0) is 4.74 Å². The number of nitrogens with one attached hydrogen (secondary N) is 1. The second-order valence-electron chi connectivity index (χ2n) is 7.42. The average Bonchev–Trinajstić information content (AvgIpc) is 3.23. The summed E-state index contributed by atoms with van der Waals surface area (Å²) in [7, 11) is 1.42. The molecule has 3 nitrogen and oxygen atoms in total. The highest BCUT2D eigenvalue weighted by Gasteiger charge is 2.41. The number of hydrogen-bond donors (Lipinski definition) is 1. The second-order valence-corrected chi connectivity index (χ2v) is 7.83. The van der Waals surface area contributed by atoms with E-state index in [2.05, 4.69) is 59.9 Å². The highest BCUT2D eigenvalue weighted by Crippen LogP contribution is 2.53. The number of hydrogen-bond acceptors (Lipinski definition) is 3. The quantitative estimate of drug-likeness (QED) is 0.424. The lowest BCUT2D eigenvalue weighted by Crippen LogP contribution is -2.31. The number of fused-ring (bicyclic) bond motifs is 4. The summed E-state index contributed by atoms with van der Waals surface area (Å²) in [6, 6.07) is 18.6. The van der Waals surface area contributed by atoms with Crippen LogP contribution in [0.25, 0.3) is 10.8 Å². The van der Waals surface area contributed by atoms with Crippen molar-refractivity contribution >= 4 is 34.0 Å². The minimum absolute atomic E-state index is 0.115. The molecule has 2 aliphatic rings. The van der Waals surface area contributed by atoms with E-state index in [4.69, 9.17) is 16.3 Å². The second kappa shape index (κ2) is 6.68. The van der Waals surface area contributed by atoms with Crippen LogP contribution in [-0.4, -0.2) is 13.1 Å². The fraction of sp³-hybridized carbons (Fsp3) is 0.208. The summed E-state index contributed by atoms with van der Waals surface area (Å²) in [6.45, 7) is 0. The van der Waals surface area contributed by atoms with Gasteiger partial charge in [0.2, 0.25) is 0 Å². The SMILES string of the molecule is COC(=O)c1ccc(Cl)c2c1[C@@H]1C=CC[C@H]1[C@@H](c1cccc3ccccc13)N2. The molecule has 28 heavy (non-hydrogen) atoms. The molecule has 0 radical (unpaired) electrons. The van der Waals surface area contributed by atoms with Gasteiger partial charge in [-0.15, -0.1) is 0 Å². The first kappa shape index (κ1) is 17.3. The monoisotopic (exact) mass is 389 g/mol. The van der Waals surface area contributed by atoms with Crippen molar-refractivity contribution < 1.29 is 9.53 Å². The smallest absolute Gasteiger partial charge is 0.338 e. The molecule has 0 amide bonds. The summed E-state index contributed by atoms with van der Waals surface area (Å²) in [6.07, 6.45) is 5.38. The van der Waals surface area contributed by atoms with E-state index in [1.165, 1.54) is 23.4 Å². The minimum Gasteiger partial charge on any atom is -0.465 e. The van der Waals surface area contributed by atoms with Gasteiger partial charge < -0.3 is 10.1 Å². The molecule has 1 heterocycles. The van der Waals surface area contributed by atoms with Gasteiger partial charge in [-0.1, -0.05) is 66.2 Å². The lowest BCUT2D eigenvalue weighted by Gasteiger charge is -2.39. The van der Waals surface area contributed by atoms with Gasteiger partial charge in [-0.05, 0) is 46.4 Å². The van der Waals surface area contributed by atoms with Crippen LogP contribution in [0, 0.1) is 5.92 Å². The molecule has 0 saturated heterocycles. The van der Waals surface area contributed by atoms with Crippen LogP contribution in [0.2, 0.25) is 5.02 Å². The van der Waals surface area contributed by atoms with Crippen LogP contribution < -0.4 is 5.32 Å². The van der Waals surface area contributed by atoms with Crippen molar-refractivity contribution in [2.75, 3.05) is 12.4 Å². The van der Waals surface area contributed by atoms with E-state index in [1.54, 1.807) is 12.1 Å². The maximum Gasteiger partial charge on any atom is 0.338 e. The maximum atomic E-state index is 12.4. The number of esters is 1. The summed E-state index contributed by atoms with van der Waals surface area (Å²) < 4.78 is 5.03. The molecule has 0 spiro atoms. The van der Waals surface area contributed by atoms with Crippen molar-refractivity contribution in [1.82, 2.24) is 0 Å². The number of rotatable bonds is 2. The van der Waals surface area contributed by atoms with Crippen molar-refractivity contribution in [3.05, 3.63) is 88.5 Å². The number of methoxy groups -OCH3 is 1. The molecule has 0 unspecified atom stereocenters. The third kappa shape index (κ3) is 2.54. The van der Waals surface area contributed by atoms with Crippen molar-refractivity contribution in [3.63, 3.8) is 0 Å². The Hall–Kier alpha value is -2.78. The van der Waals surface area contributed by atoms with Crippen LogP contribution in [0.5, 0.6) is 0 Å². The Balaban J connectivity index is 1.70. The van der Waals surface area contributed by atoms with Crippen molar-refractivity contribution in [2.45, 2.75) is 18.4 Å². The first-order chi connectivity index (χ1) is 13.7. The van der Waals surface area contributed by atoms with E-state index in [9.17, 15) is 4.79 Å². The lowest BCUT2D eigenvalue weighted by atomic mass is 9.74. The molecule has 140 valence electrons. The van der Waals surface area contributed by atoms with E-state index in [0.717, 1.165) is 17.7 Å². The van der Waals surface area contributed by atoms with Crippen LogP contribution >= 0.6 is 11.6 Å². The van der Waals surface area contributed by atoms with Crippen molar-refractivity contribution in [2.24, 2.45) is 5.92 Å². The molecule has 1 aliphatic heterocycles. The first-order valence-corrected chi connectivity index (χ1v) is 9.88. The van der Waals surface area contributed by atoms with Gasteiger partial charge in [0, 0.05) is 5.92 Å². The van der Waals surface area contributed by atoms with E-state index < -0.39 is 0 Å². The number of benzene rings is 3. The molecule has 3 atom stereocenters. The average molecular weight is 390 g/mol. The fourth-order valence-electron chi connectivity index (χ4n) is 4.79. The molecule has 0 aromatic heterocycles. The molecule has 0 saturated carbocycles. The molecular weight excluding hydrogens is 370 g/mol. The van der Waals surface area contributed by atoms with E-state index in [-0.39, 0.29) is 17.9 Å². The normalized spacial score (nSPS) is 22.4. The Labute approximate surface area is 169 Å². The highest BCUT2D eigenvalue weighted by molar-refractivity contribution is 6.33. The number of ether oxygens (including phenoxy) is 1. The fourth-order valence-corrected chi connectivity index (χ4v) is 5.01.